The van der Waals surface area contributed by atoms with Crippen LogP contribution in [0.1, 0.15) is 39.5 Å². The average molecular weight is 353 g/mol. The van der Waals surface area contributed by atoms with Crippen molar-refractivity contribution in [2.24, 2.45) is 0 Å². The van der Waals surface area contributed by atoms with Gasteiger partial charge in [0.2, 0.25) is 10.0 Å². The van der Waals surface area contributed by atoms with Crippen molar-refractivity contribution in [1.29, 1.82) is 0 Å². The summed E-state index contributed by atoms with van der Waals surface area (Å²) in [6, 6.07) is 6.11. The second kappa shape index (κ2) is 7.98. The molecule has 0 atom stereocenters. The standard InChI is InChI=1S/C17H27N3O3S/c1-14(2)19(3)24(22,23)16-10-8-15(9-11-16)18-17(21)20-12-6-4-5-7-13-20/h8-11,14H,4-7,12-13H2,1-3H3,(H,18,21). The largest absolute Gasteiger partial charge is 0.325 e. The number of benzene rings is 1. The smallest absolute Gasteiger partial charge is 0.321 e. The quantitative estimate of drug-likeness (QED) is 0.904. The molecule has 1 N–H and O–H groups in total. The summed E-state index contributed by atoms with van der Waals surface area (Å²) in [4.78, 5) is 14.3. The summed E-state index contributed by atoms with van der Waals surface area (Å²) < 4.78 is 26.2. The van der Waals surface area contributed by atoms with Gasteiger partial charge < -0.3 is 10.2 Å². The van der Waals surface area contributed by atoms with E-state index in [1.54, 1.807) is 19.2 Å². The van der Waals surface area contributed by atoms with Crippen molar-refractivity contribution in [3.63, 3.8) is 0 Å². The van der Waals surface area contributed by atoms with Gasteiger partial charge in [-0.3, -0.25) is 0 Å². The van der Waals surface area contributed by atoms with Crippen LogP contribution in [0.15, 0.2) is 29.2 Å². The first-order chi connectivity index (χ1) is 11.3. The van der Waals surface area contributed by atoms with Crippen molar-refractivity contribution in [2.45, 2.75) is 50.5 Å². The molecular formula is C17H27N3O3S. The second-order valence-corrected chi connectivity index (χ2v) is 8.47. The molecule has 2 amide bonds. The van der Waals surface area contributed by atoms with Crippen LogP contribution < -0.4 is 5.32 Å². The Hall–Kier alpha value is -1.60. The van der Waals surface area contributed by atoms with Gasteiger partial charge in [-0.25, -0.2) is 13.2 Å². The summed E-state index contributed by atoms with van der Waals surface area (Å²) in [5.74, 6) is 0. The van der Waals surface area contributed by atoms with Crippen LogP contribution in [0.5, 0.6) is 0 Å². The zero-order valence-electron chi connectivity index (χ0n) is 14.7. The summed E-state index contributed by atoms with van der Waals surface area (Å²) >= 11 is 0. The maximum absolute atomic E-state index is 12.4. The van der Waals surface area contributed by atoms with Crippen LogP contribution in [-0.4, -0.2) is 49.8 Å². The van der Waals surface area contributed by atoms with Gasteiger partial charge in [0.25, 0.3) is 0 Å². The first-order valence-corrected chi connectivity index (χ1v) is 9.90. The van der Waals surface area contributed by atoms with Gasteiger partial charge >= 0.3 is 6.03 Å². The molecule has 1 saturated heterocycles. The molecule has 24 heavy (non-hydrogen) atoms. The Balaban J connectivity index is 2.05. The number of hydrogen-bond acceptors (Lipinski definition) is 3. The molecule has 1 aliphatic heterocycles. The van der Waals surface area contributed by atoms with E-state index in [2.05, 4.69) is 5.32 Å². The van der Waals surface area contributed by atoms with Gasteiger partial charge in [-0.05, 0) is 51.0 Å². The lowest BCUT2D eigenvalue weighted by molar-refractivity contribution is 0.214. The molecule has 0 saturated carbocycles. The predicted octanol–water partition coefficient (Wildman–Crippen LogP) is 3.12. The number of hydrogen-bond donors (Lipinski definition) is 1. The van der Waals surface area contributed by atoms with Crippen LogP contribution in [0.4, 0.5) is 10.5 Å². The van der Waals surface area contributed by atoms with Gasteiger partial charge in [-0.1, -0.05) is 12.8 Å². The first kappa shape index (κ1) is 18.7. The Kier molecular flexibility index (Phi) is 6.23. The number of amides is 2. The summed E-state index contributed by atoms with van der Waals surface area (Å²) in [6.45, 7) is 5.20. The van der Waals surface area contributed by atoms with Crippen molar-refractivity contribution in [3.05, 3.63) is 24.3 Å². The molecule has 7 heteroatoms. The third kappa shape index (κ3) is 4.48. The lowest BCUT2D eigenvalue weighted by Crippen LogP contribution is -2.35. The molecule has 1 aromatic carbocycles. The Morgan fingerprint density at radius 3 is 2.12 bits per heavy atom. The van der Waals surface area contributed by atoms with E-state index in [0.29, 0.717) is 5.69 Å². The third-order valence-electron chi connectivity index (χ3n) is 4.40. The average Bonchev–Trinajstić information content (AvgIpc) is 2.83. The van der Waals surface area contributed by atoms with Crippen LogP contribution in [0.25, 0.3) is 0 Å². The van der Waals surface area contributed by atoms with Crippen LogP contribution >= 0.6 is 0 Å². The number of carbonyl (C=O) groups is 1. The number of urea groups is 1. The Morgan fingerprint density at radius 1 is 1.08 bits per heavy atom. The van der Waals surface area contributed by atoms with E-state index in [4.69, 9.17) is 0 Å². The predicted molar refractivity (Wildman–Crippen MR) is 95.6 cm³/mol. The molecule has 1 fully saturated rings. The van der Waals surface area contributed by atoms with Crippen LogP contribution in [-0.2, 0) is 10.0 Å². The van der Waals surface area contributed by atoms with Gasteiger partial charge in [0.05, 0.1) is 4.90 Å². The van der Waals surface area contributed by atoms with E-state index in [1.165, 1.54) is 29.3 Å². The highest BCUT2D eigenvalue weighted by Gasteiger charge is 2.23. The zero-order chi connectivity index (χ0) is 17.7. The van der Waals surface area contributed by atoms with E-state index in [0.717, 1.165) is 25.9 Å². The molecule has 2 rings (SSSR count). The number of rotatable bonds is 4. The van der Waals surface area contributed by atoms with Crippen molar-refractivity contribution in [3.8, 4) is 0 Å². The number of anilines is 1. The molecule has 1 heterocycles. The molecule has 0 bridgehead atoms. The van der Waals surface area contributed by atoms with E-state index in [-0.39, 0.29) is 17.0 Å². The minimum atomic E-state index is -3.50. The summed E-state index contributed by atoms with van der Waals surface area (Å²) in [5, 5.41) is 2.85. The molecule has 6 nitrogen and oxygen atoms in total. The highest BCUT2D eigenvalue weighted by atomic mass is 32.2. The van der Waals surface area contributed by atoms with Crippen LogP contribution in [0, 0.1) is 0 Å². The summed E-state index contributed by atoms with van der Waals surface area (Å²) in [6.07, 6.45) is 4.40. The molecule has 0 aromatic heterocycles. The Morgan fingerprint density at radius 2 is 1.62 bits per heavy atom. The Labute approximate surface area is 144 Å². The summed E-state index contributed by atoms with van der Waals surface area (Å²) in [5.41, 5.74) is 0.607. The van der Waals surface area contributed by atoms with E-state index < -0.39 is 10.0 Å². The fraction of sp³-hybridized carbons (Fsp3) is 0.588. The van der Waals surface area contributed by atoms with E-state index in [9.17, 15) is 13.2 Å². The number of sulfonamides is 1. The number of nitrogens with zero attached hydrogens (tertiary/aromatic N) is 2. The monoisotopic (exact) mass is 353 g/mol. The SMILES string of the molecule is CC(C)N(C)S(=O)(=O)c1ccc(NC(=O)N2CCCCCC2)cc1. The van der Waals surface area contributed by atoms with Gasteiger partial charge in [0.15, 0.2) is 0 Å². The molecular weight excluding hydrogens is 326 g/mol. The van der Waals surface area contributed by atoms with Crippen LogP contribution in [0.2, 0.25) is 0 Å². The molecule has 0 aliphatic carbocycles. The van der Waals surface area contributed by atoms with Gasteiger partial charge in [0, 0.05) is 31.9 Å². The summed E-state index contributed by atoms with van der Waals surface area (Å²) in [7, 11) is -1.93. The molecule has 0 unspecified atom stereocenters. The normalized spacial score (nSPS) is 16.3. The minimum absolute atomic E-state index is 0.114. The first-order valence-electron chi connectivity index (χ1n) is 8.46. The minimum Gasteiger partial charge on any atom is -0.325 e. The van der Waals surface area contributed by atoms with Gasteiger partial charge in [-0.2, -0.15) is 4.31 Å². The highest BCUT2D eigenvalue weighted by molar-refractivity contribution is 7.89. The maximum Gasteiger partial charge on any atom is 0.321 e. The van der Waals surface area contributed by atoms with E-state index >= 15 is 0 Å². The molecule has 1 aromatic rings. The van der Waals surface area contributed by atoms with Gasteiger partial charge in [0.1, 0.15) is 0 Å². The molecule has 1 aliphatic rings. The van der Waals surface area contributed by atoms with E-state index in [1.807, 2.05) is 18.7 Å². The fourth-order valence-electron chi connectivity index (χ4n) is 2.63. The highest BCUT2D eigenvalue weighted by Crippen LogP contribution is 2.19. The Bertz CT molecular complexity index is 648. The molecule has 0 spiro atoms. The topological polar surface area (TPSA) is 69.7 Å². The number of nitrogens with one attached hydrogen (secondary N) is 1. The fourth-order valence-corrected chi connectivity index (χ4v) is 4.00. The van der Waals surface area contributed by atoms with Crippen molar-refractivity contribution >= 4 is 21.7 Å². The van der Waals surface area contributed by atoms with Crippen molar-refractivity contribution in [2.75, 3.05) is 25.5 Å². The number of likely N-dealkylation sites (tertiary alicyclic amines) is 1. The molecule has 134 valence electrons. The zero-order valence-corrected chi connectivity index (χ0v) is 15.5. The second-order valence-electron chi connectivity index (χ2n) is 6.47. The van der Waals surface area contributed by atoms with Gasteiger partial charge in [-0.15, -0.1) is 0 Å². The lowest BCUT2D eigenvalue weighted by atomic mass is 10.2. The van der Waals surface area contributed by atoms with Crippen molar-refractivity contribution in [1.82, 2.24) is 9.21 Å². The molecule has 0 radical (unpaired) electrons. The van der Waals surface area contributed by atoms with Crippen LogP contribution in [0.3, 0.4) is 0 Å². The third-order valence-corrected chi connectivity index (χ3v) is 6.45. The maximum atomic E-state index is 12.4. The lowest BCUT2D eigenvalue weighted by Gasteiger charge is -2.22. The van der Waals surface area contributed by atoms with Crippen molar-refractivity contribution < 1.29 is 13.2 Å². The number of carbonyl (C=O) groups excluding carboxylic acids is 1.